The summed E-state index contributed by atoms with van der Waals surface area (Å²) in [6.45, 7) is 0.697. The van der Waals surface area contributed by atoms with Crippen LogP contribution in [0.15, 0.2) is 91.3 Å². The number of likely N-dealkylation sites (tertiary alicyclic amines) is 1. The largest absolute Gasteiger partial charge is 0.340 e. The fourth-order valence-corrected chi connectivity index (χ4v) is 4.04. The number of hydrogen-bond donors (Lipinski definition) is 1. The number of rotatable bonds is 5. The van der Waals surface area contributed by atoms with E-state index in [9.17, 15) is 4.79 Å². The van der Waals surface area contributed by atoms with Crippen molar-refractivity contribution in [1.29, 1.82) is 0 Å². The molecule has 1 N–H and O–H groups in total. The van der Waals surface area contributed by atoms with Gasteiger partial charge in [0.1, 0.15) is 5.82 Å². The summed E-state index contributed by atoms with van der Waals surface area (Å²) in [5.74, 6) is 1.37. The van der Waals surface area contributed by atoms with E-state index >= 15 is 0 Å². The summed E-state index contributed by atoms with van der Waals surface area (Å²) in [6, 6.07) is 25.0. The Hall–Kier alpha value is -4.06. The quantitative estimate of drug-likeness (QED) is 0.476. The molecule has 0 saturated carbocycles. The molecule has 2 aromatic carbocycles. The minimum Gasteiger partial charge on any atom is -0.340 e. The molecule has 1 fully saturated rings. The molecule has 4 aromatic rings. The molecule has 0 aliphatic carbocycles. The Morgan fingerprint density at radius 2 is 1.62 bits per heavy atom. The van der Waals surface area contributed by atoms with Crippen LogP contribution in [0.3, 0.4) is 0 Å². The van der Waals surface area contributed by atoms with Crippen molar-refractivity contribution in [3.05, 3.63) is 103 Å². The second kappa shape index (κ2) is 8.98. The Labute approximate surface area is 187 Å². The lowest BCUT2D eigenvalue weighted by atomic mass is 10.1. The lowest BCUT2D eigenvalue weighted by Gasteiger charge is -2.24. The highest BCUT2D eigenvalue weighted by Crippen LogP contribution is 2.33. The molecule has 1 atom stereocenters. The maximum Gasteiger partial charge on any atom is 0.254 e. The van der Waals surface area contributed by atoms with E-state index in [1.54, 1.807) is 12.4 Å². The zero-order valence-electron chi connectivity index (χ0n) is 17.6. The van der Waals surface area contributed by atoms with Crippen molar-refractivity contribution < 1.29 is 4.79 Å². The fourth-order valence-electron chi connectivity index (χ4n) is 4.04. The number of anilines is 2. The lowest BCUT2D eigenvalue weighted by molar-refractivity contribution is 0.0730. The van der Waals surface area contributed by atoms with Gasteiger partial charge < -0.3 is 10.2 Å². The van der Waals surface area contributed by atoms with Gasteiger partial charge in [0.15, 0.2) is 5.82 Å². The maximum atomic E-state index is 13.2. The number of hydrogen-bond acceptors (Lipinski definition) is 5. The first kappa shape index (κ1) is 19.9. The van der Waals surface area contributed by atoms with Crippen molar-refractivity contribution in [3.8, 4) is 11.3 Å². The van der Waals surface area contributed by atoms with Gasteiger partial charge in [0.25, 0.3) is 5.91 Å². The zero-order valence-corrected chi connectivity index (χ0v) is 17.6. The van der Waals surface area contributed by atoms with E-state index in [1.165, 1.54) is 0 Å². The third-order valence-electron chi connectivity index (χ3n) is 5.60. The van der Waals surface area contributed by atoms with Crippen LogP contribution in [0.1, 0.15) is 35.1 Å². The Morgan fingerprint density at radius 3 is 2.38 bits per heavy atom. The van der Waals surface area contributed by atoms with Gasteiger partial charge in [-0.3, -0.25) is 9.78 Å². The van der Waals surface area contributed by atoms with Crippen LogP contribution in [0.4, 0.5) is 11.5 Å². The van der Waals surface area contributed by atoms with Gasteiger partial charge in [0.05, 0.1) is 11.7 Å². The molecule has 6 nitrogen and oxygen atoms in total. The third kappa shape index (κ3) is 4.21. The summed E-state index contributed by atoms with van der Waals surface area (Å²) in [6.07, 6.45) is 5.26. The maximum absolute atomic E-state index is 13.2. The Kier molecular flexibility index (Phi) is 5.58. The molecule has 158 valence electrons. The molecule has 1 aliphatic rings. The molecule has 32 heavy (non-hydrogen) atoms. The average molecular weight is 422 g/mol. The van der Waals surface area contributed by atoms with Crippen LogP contribution in [0.25, 0.3) is 11.3 Å². The summed E-state index contributed by atoms with van der Waals surface area (Å²) in [7, 11) is 0. The monoisotopic (exact) mass is 421 g/mol. The molecular weight excluding hydrogens is 398 g/mol. The number of pyridine rings is 1. The number of para-hydroxylation sites is 1. The molecule has 0 bridgehead atoms. The van der Waals surface area contributed by atoms with Gasteiger partial charge in [0.2, 0.25) is 0 Å². The Morgan fingerprint density at radius 1 is 0.906 bits per heavy atom. The molecule has 2 aromatic heterocycles. The molecule has 1 unspecified atom stereocenters. The molecule has 0 radical (unpaired) electrons. The van der Waals surface area contributed by atoms with Crippen molar-refractivity contribution >= 4 is 17.4 Å². The summed E-state index contributed by atoms with van der Waals surface area (Å²) in [5, 5.41) is 3.38. The molecule has 5 rings (SSSR count). The summed E-state index contributed by atoms with van der Waals surface area (Å²) >= 11 is 0. The van der Waals surface area contributed by atoms with Crippen molar-refractivity contribution in [3.63, 3.8) is 0 Å². The number of carbonyl (C=O) groups is 1. The lowest BCUT2D eigenvalue weighted by Crippen LogP contribution is -2.31. The van der Waals surface area contributed by atoms with Gasteiger partial charge >= 0.3 is 0 Å². The van der Waals surface area contributed by atoms with Crippen molar-refractivity contribution in [2.24, 2.45) is 0 Å². The first-order valence-electron chi connectivity index (χ1n) is 10.8. The van der Waals surface area contributed by atoms with Gasteiger partial charge in [-0.05, 0) is 49.2 Å². The van der Waals surface area contributed by atoms with Crippen LogP contribution in [0, 0.1) is 0 Å². The van der Waals surface area contributed by atoms with E-state index in [2.05, 4.69) is 10.3 Å². The number of aromatic nitrogens is 3. The second-order valence-corrected chi connectivity index (χ2v) is 7.75. The van der Waals surface area contributed by atoms with E-state index in [0.717, 1.165) is 29.8 Å². The first-order valence-corrected chi connectivity index (χ1v) is 10.8. The van der Waals surface area contributed by atoms with Crippen LogP contribution < -0.4 is 5.32 Å². The molecule has 1 saturated heterocycles. The summed E-state index contributed by atoms with van der Waals surface area (Å²) in [4.78, 5) is 28.9. The highest BCUT2D eigenvalue weighted by molar-refractivity contribution is 5.94. The highest BCUT2D eigenvalue weighted by atomic mass is 16.2. The van der Waals surface area contributed by atoms with Crippen LogP contribution in [-0.2, 0) is 0 Å². The normalized spacial score (nSPS) is 15.5. The van der Waals surface area contributed by atoms with Gasteiger partial charge in [0, 0.05) is 41.8 Å². The van der Waals surface area contributed by atoms with Crippen molar-refractivity contribution in [1.82, 2.24) is 19.9 Å². The molecule has 0 spiro atoms. The summed E-state index contributed by atoms with van der Waals surface area (Å²) in [5.41, 5.74) is 3.39. The van der Waals surface area contributed by atoms with E-state index in [4.69, 9.17) is 9.97 Å². The third-order valence-corrected chi connectivity index (χ3v) is 5.60. The van der Waals surface area contributed by atoms with E-state index in [0.29, 0.717) is 23.8 Å². The van der Waals surface area contributed by atoms with Gasteiger partial charge in [-0.1, -0.05) is 36.4 Å². The zero-order chi connectivity index (χ0) is 21.8. The standard InChI is InChI=1S/C26H23N5O/c32-26(20-8-3-1-4-9-20)31-17-7-12-23(31)25-29-22(19-13-15-27-16-14-19)18-24(30-25)28-21-10-5-2-6-11-21/h1-6,8-11,13-16,18,23H,7,12,17H2,(H,28,29,30). The van der Waals surface area contributed by atoms with Crippen LogP contribution >= 0.6 is 0 Å². The molecule has 3 heterocycles. The smallest absolute Gasteiger partial charge is 0.254 e. The molecule has 1 aliphatic heterocycles. The second-order valence-electron chi connectivity index (χ2n) is 7.75. The highest BCUT2D eigenvalue weighted by Gasteiger charge is 2.33. The van der Waals surface area contributed by atoms with E-state index in [1.807, 2.05) is 83.8 Å². The van der Waals surface area contributed by atoms with E-state index in [-0.39, 0.29) is 11.9 Å². The van der Waals surface area contributed by atoms with Crippen LogP contribution in [0.2, 0.25) is 0 Å². The summed E-state index contributed by atoms with van der Waals surface area (Å²) < 4.78 is 0. The number of carbonyl (C=O) groups excluding carboxylic acids is 1. The Balaban J connectivity index is 1.53. The van der Waals surface area contributed by atoms with Crippen LogP contribution in [0.5, 0.6) is 0 Å². The number of amides is 1. The van der Waals surface area contributed by atoms with Gasteiger partial charge in [-0.15, -0.1) is 0 Å². The van der Waals surface area contributed by atoms with Crippen LogP contribution in [-0.4, -0.2) is 32.3 Å². The first-order chi connectivity index (χ1) is 15.8. The van der Waals surface area contributed by atoms with Gasteiger partial charge in [-0.25, -0.2) is 9.97 Å². The average Bonchev–Trinajstić information content (AvgIpc) is 3.35. The number of nitrogens with zero attached hydrogens (tertiary/aromatic N) is 4. The SMILES string of the molecule is O=C(c1ccccc1)N1CCCC1c1nc(Nc2ccccc2)cc(-c2ccncc2)n1. The fraction of sp³-hybridized carbons (Fsp3) is 0.154. The molecular formula is C26H23N5O. The molecule has 1 amide bonds. The predicted molar refractivity (Wildman–Crippen MR) is 124 cm³/mol. The minimum atomic E-state index is -0.166. The minimum absolute atomic E-state index is 0.0172. The van der Waals surface area contributed by atoms with E-state index < -0.39 is 0 Å². The number of benzene rings is 2. The number of nitrogens with one attached hydrogen (secondary N) is 1. The van der Waals surface area contributed by atoms with Crippen molar-refractivity contribution in [2.75, 3.05) is 11.9 Å². The molecule has 6 heteroatoms. The predicted octanol–water partition coefficient (Wildman–Crippen LogP) is 5.26. The van der Waals surface area contributed by atoms with Gasteiger partial charge in [-0.2, -0.15) is 0 Å². The Bertz CT molecular complexity index is 1200. The van der Waals surface area contributed by atoms with Crippen molar-refractivity contribution in [2.45, 2.75) is 18.9 Å². The topological polar surface area (TPSA) is 71.0 Å².